The highest BCUT2D eigenvalue weighted by Gasteiger charge is 2.40. The second-order valence-electron chi connectivity index (χ2n) is 8.19. The Balaban J connectivity index is 1.51. The van der Waals surface area contributed by atoms with Crippen LogP contribution in [-0.4, -0.2) is 53.1 Å². The molecule has 0 unspecified atom stereocenters. The van der Waals surface area contributed by atoms with Crippen LogP contribution in [0.4, 0.5) is 0 Å². The van der Waals surface area contributed by atoms with E-state index in [2.05, 4.69) is 42.2 Å². The summed E-state index contributed by atoms with van der Waals surface area (Å²) >= 11 is 0. The molecule has 0 bridgehead atoms. The molecule has 0 spiro atoms. The number of carbonyl (C=O) groups is 1. The molecule has 4 heteroatoms. The lowest BCUT2D eigenvalue weighted by atomic mass is 9.78. The number of likely N-dealkylation sites (tertiary alicyclic amines) is 2. The van der Waals surface area contributed by atoms with Gasteiger partial charge >= 0.3 is 0 Å². The summed E-state index contributed by atoms with van der Waals surface area (Å²) in [6.45, 7) is 8.57. The van der Waals surface area contributed by atoms with Gasteiger partial charge in [-0.05, 0) is 57.2 Å². The van der Waals surface area contributed by atoms with Crippen molar-refractivity contribution in [2.45, 2.75) is 52.2 Å². The van der Waals surface area contributed by atoms with Crippen molar-refractivity contribution in [3.05, 3.63) is 35.9 Å². The minimum Gasteiger partial charge on any atom is -0.393 e. The molecule has 2 aliphatic heterocycles. The van der Waals surface area contributed by atoms with E-state index in [0.29, 0.717) is 11.8 Å². The quantitative estimate of drug-likeness (QED) is 0.913. The molecule has 1 aromatic carbocycles. The SMILES string of the molecule is C[C@H](O)C1CCN(C(=O)C2(C)CCN(Cc3ccccc3)CC2)CC1. The molecule has 1 aromatic rings. The Morgan fingerprint density at radius 1 is 1.16 bits per heavy atom. The Morgan fingerprint density at radius 3 is 2.32 bits per heavy atom. The van der Waals surface area contributed by atoms with Crippen molar-refractivity contribution in [2.24, 2.45) is 11.3 Å². The lowest BCUT2D eigenvalue weighted by Crippen LogP contribution is -2.51. The highest BCUT2D eigenvalue weighted by molar-refractivity contribution is 5.82. The minimum atomic E-state index is -0.255. The van der Waals surface area contributed by atoms with Crippen LogP contribution in [0, 0.1) is 11.3 Å². The minimum absolute atomic E-state index is 0.217. The maximum atomic E-state index is 13.1. The number of aliphatic hydroxyl groups is 1. The first-order valence-electron chi connectivity index (χ1n) is 9.72. The van der Waals surface area contributed by atoms with Gasteiger partial charge in [0.2, 0.25) is 5.91 Å². The van der Waals surface area contributed by atoms with Crippen molar-refractivity contribution < 1.29 is 9.90 Å². The average Bonchev–Trinajstić information content (AvgIpc) is 2.64. The Hall–Kier alpha value is -1.39. The van der Waals surface area contributed by atoms with E-state index >= 15 is 0 Å². The van der Waals surface area contributed by atoms with Crippen molar-refractivity contribution in [3.8, 4) is 0 Å². The summed E-state index contributed by atoms with van der Waals surface area (Å²) in [4.78, 5) is 17.6. The molecule has 3 rings (SSSR count). The number of carbonyl (C=O) groups excluding carboxylic acids is 1. The zero-order valence-electron chi connectivity index (χ0n) is 15.7. The summed E-state index contributed by atoms with van der Waals surface area (Å²) in [6.07, 6.45) is 3.48. The van der Waals surface area contributed by atoms with E-state index in [-0.39, 0.29) is 11.5 Å². The van der Waals surface area contributed by atoms with Crippen LogP contribution < -0.4 is 0 Å². The van der Waals surface area contributed by atoms with Gasteiger partial charge in [0.15, 0.2) is 0 Å². The first kappa shape index (κ1) is 18.4. The molecule has 138 valence electrons. The molecule has 1 amide bonds. The molecule has 1 N–H and O–H groups in total. The summed E-state index contributed by atoms with van der Waals surface area (Å²) in [5.74, 6) is 0.681. The maximum absolute atomic E-state index is 13.1. The first-order chi connectivity index (χ1) is 12.0. The van der Waals surface area contributed by atoms with E-state index in [1.165, 1.54) is 5.56 Å². The summed E-state index contributed by atoms with van der Waals surface area (Å²) in [5.41, 5.74) is 1.13. The third-order valence-corrected chi connectivity index (χ3v) is 6.23. The van der Waals surface area contributed by atoms with Crippen LogP contribution in [-0.2, 0) is 11.3 Å². The average molecular weight is 344 g/mol. The predicted octanol–water partition coefficient (Wildman–Crippen LogP) is 2.91. The standard InChI is InChI=1S/C21H32N2O2/c1-17(24)19-8-12-23(13-9-19)20(25)21(2)10-14-22(15-11-21)16-18-6-4-3-5-7-18/h3-7,17,19,24H,8-16H2,1-2H3/t17-/m0/s1. The lowest BCUT2D eigenvalue weighted by Gasteiger charge is -2.43. The van der Waals surface area contributed by atoms with Crippen molar-refractivity contribution in [3.63, 3.8) is 0 Å². The number of aliphatic hydroxyl groups excluding tert-OH is 1. The zero-order chi connectivity index (χ0) is 17.9. The molecule has 2 saturated heterocycles. The Bertz CT molecular complexity index is 557. The van der Waals surface area contributed by atoms with Crippen LogP contribution in [0.1, 0.15) is 45.1 Å². The van der Waals surface area contributed by atoms with Gasteiger partial charge in [-0.2, -0.15) is 0 Å². The van der Waals surface area contributed by atoms with Gasteiger partial charge in [0.05, 0.1) is 6.10 Å². The van der Waals surface area contributed by atoms with Gasteiger partial charge < -0.3 is 10.0 Å². The van der Waals surface area contributed by atoms with Gasteiger partial charge in [-0.3, -0.25) is 9.69 Å². The highest BCUT2D eigenvalue weighted by atomic mass is 16.3. The first-order valence-corrected chi connectivity index (χ1v) is 9.72. The van der Waals surface area contributed by atoms with Crippen molar-refractivity contribution in [1.29, 1.82) is 0 Å². The van der Waals surface area contributed by atoms with Crippen LogP contribution in [0.15, 0.2) is 30.3 Å². The predicted molar refractivity (Wildman–Crippen MR) is 100 cm³/mol. The van der Waals surface area contributed by atoms with Crippen molar-refractivity contribution in [1.82, 2.24) is 9.80 Å². The van der Waals surface area contributed by atoms with Crippen molar-refractivity contribution >= 4 is 5.91 Å². The van der Waals surface area contributed by atoms with Gasteiger partial charge in [-0.1, -0.05) is 37.3 Å². The molecule has 0 saturated carbocycles. The summed E-state index contributed by atoms with van der Waals surface area (Å²) in [7, 11) is 0. The van der Waals surface area contributed by atoms with Crippen LogP contribution >= 0.6 is 0 Å². The van der Waals surface area contributed by atoms with Crippen LogP contribution in [0.25, 0.3) is 0 Å². The second kappa shape index (κ2) is 7.88. The van der Waals surface area contributed by atoms with Gasteiger partial charge in [-0.15, -0.1) is 0 Å². The molecule has 2 aliphatic rings. The third kappa shape index (κ3) is 4.42. The Labute approximate surface area is 151 Å². The molecule has 25 heavy (non-hydrogen) atoms. The number of hydrogen-bond donors (Lipinski definition) is 1. The third-order valence-electron chi connectivity index (χ3n) is 6.23. The maximum Gasteiger partial charge on any atom is 0.228 e. The van der Waals surface area contributed by atoms with E-state index in [0.717, 1.165) is 58.4 Å². The number of nitrogens with zero attached hydrogens (tertiary/aromatic N) is 2. The van der Waals surface area contributed by atoms with E-state index in [1.54, 1.807) is 0 Å². The van der Waals surface area contributed by atoms with Crippen molar-refractivity contribution in [2.75, 3.05) is 26.2 Å². The highest BCUT2D eigenvalue weighted by Crippen LogP contribution is 2.35. The van der Waals surface area contributed by atoms with E-state index < -0.39 is 0 Å². The summed E-state index contributed by atoms with van der Waals surface area (Å²) in [6, 6.07) is 10.6. The molecular weight excluding hydrogens is 312 g/mol. The van der Waals surface area contributed by atoms with Gasteiger partial charge in [0, 0.05) is 25.0 Å². The normalized spacial score (nSPS) is 23.4. The fourth-order valence-electron chi connectivity index (χ4n) is 4.23. The topological polar surface area (TPSA) is 43.8 Å². The van der Waals surface area contributed by atoms with Crippen LogP contribution in [0.2, 0.25) is 0 Å². The number of hydrogen-bond acceptors (Lipinski definition) is 3. The Kier molecular flexibility index (Phi) is 5.80. The number of benzene rings is 1. The molecule has 4 nitrogen and oxygen atoms in total. The fourth-order valence-corrected chi connectivity index (χ4v) is 4.23. The monoisotopic (exact) mass is 344 g/mol. The largest absolute Gasteiger partial charge is 0.393 e. The molecular formula is C21H32N2O2. The van der Waals surface area contributed by atoms with E-state index in [4.69, 9.17) is 0 Å². The molecule has 0 radical (unpaired) electrons. The fraction of sp³-hybridized carbons (Fsp3) is 0.667. The van der Waals surface area contributed by atoms with E-state index in [9.17, 15) is 9.90 Å². The molecule has 2 heterocycles. The Morgan fingerprint density at radius 2 is 1.76 bits per heavy atom. The van der Waals surface area contributed by atoms with Crippen LogP contribution in [0.3, 0.4) is 0 Å². The summed E-state index contributed by atoms with van der Waals surface area (Å²) in [5, 5.41) is 9.74. The number of piperidine rings is 2. The number of amides is 1. The molecule has 2 fully saturated rings. The van der Waals surface area contributed by atoms with E-state index in [1.807, 2.05) is 11.8 Å². The number of rotatable bonds is 4. The molecule has 0 aliphatic carbocycles. The molecule has 0 aromatic heterocycles. The zero-order valence-corrected chi connectivity index (χ0v) is 15.7. The van der Waals surface area contributed by atoms with Gasteiger partial charge in [-0.25, -0.2) is 0 Å². The molecule has 1 atom stereocenters. The lowest BCUT2D eigenvalue weighted by molar-refractivity contribution is -0.146. The van der Waals surface area contributed by atoms with Gasteiger partial charge in [0.1, 0.15) is 0 Å². The smallest absolute Gasteiger partial charge is 0.228 e. The summed E-state index contributed by atoms with van der Waals surface area (Å²) < 4.78 is 0. The van der Waals surface area contributed by atoms with Gasteiger partial charge in [0.25, 0.3) is 0 Å². The van der Waals surface area contributed by atoms with Crippen LogP contribution in [0.5, 0.6) is 0 Å². The second-order valence-corrected chi connectivity index (χ2v) is 8.19.